The van der Waals surface area contributed by atoms with Crippen LogP contribution in [0.5, 0.6) is 11.6 Å². The van der Waals surface area contributed by atoms with E-state index in [0.717, 1.165) is 29.9 Å². The lowest BCUT2D eigenvalue weighted by Crippen LogP contribution is -2.35. The average Bonchev–Trinajstić information content (AvgIpc) is 3.39. The van der Waals surface area contributed by atoms with Crippen LogP contribution in [0.15, 0.2) is 48.7 Å². The van der Waals surface area contributed by atoms with E-state index in [4.69, 9.17) is 21.1 Å². The van der Waals surface area contributed by atoms with Crippen molar-refractivity contribution in [2.45, 2.75) is 38.9 Å². The summed E-state index contributed by atoms with van der Waals surface area (Å²) in [5.41, 5.74) is 3.56. The van der Waals surface area contributed by atoms with Crippen molar-refractivity contribution < 1.29 is 19.4 Å². The second kappa shape index (κ2) is 11.6. The van der Waals surface area contributed by atoms with Crippen LogP contribution in [0.3, 0.4) is 0 Å². The van der Waals surface area contributed by atoms with Gasteiger partial charge in [-0.25, -0.2) is 4.98 Å². The van der Waals surface area contributed by atoms with Crippen LogP contribution in [0.1, 0.15) is 23.4 Å². The summed E-state index contributed by atoms with van der Waals surface area (Å²) in [6, 6.07) is 12.8. The summed E-state index contributed by atoms with van der Waals surface area (Å²) in [5.74, 6) is 0.936. The lowest BCUT2D eigenvalue weighted by molar-refractivity contribution is -0.115. The second-order valence-electron chi connectivity index (χ2n) is 8.90. The number of aryl methyl sites for hydroxylation is 2. The zero-order chi connectivity index (χ0) is 24.8. The van der Waals surface area contributed by atoms with Gasteiger partial charge in [0.25, 0.3) is 0 Å². The van der Waals surface area contributed by atoms with Crippen LogP contribution < -0.4 is 14.8 Å². The van der Waals surface area contributed by atoms with E-state index in [1.165, 1.54) is 0 Å². The summed E-state index contributed by atoms with van der Waals surface area (Å²) < 4.78 is 11.8. The standard InChI is InChI=1S/C26H31ClN4O4/c1-17-11-18(2)29-23(17)12-25(33)30-22-5-3-4-6-24(22)34-16-20(32)14-31-10-9-21(15-31)35-26-8-7-19(27)13-28-26/h3-8,11,13,20-21,29,32H,9-10,12,14-16H2,1-2H3,(H,30,33). The number of likely N-dealkylation sites (tertiary alicyclic amines) is 1. The van der Waals surface area contributed by atoms with Crippen LogP contribution in [0.25, 0.3) is 0 Å². The molecule has 0 radical (unpaired) electrons. The number of nitrogens with one attached hydrogen (secondary N) is 2. The molecule has 1 aliphatic rings. The molecule has 3 heterocycles. The molecule has 3 aromatic rings. The molecule has 9 heteroatoms. The number of H-pyrrole nitrogens is 1. The number of carbonyl (C=O) groups excluding carboxylic acids is 1. The van der Waals surface area contributed by atoms with E-state index in [9.17, 15) is 9.90 Å². The van der Waals surface area contributed by atoms with Crippen molar-refractivity contribution in [3.63, 3.8) is 0 Å². The van der Waals surface area contributed by atoms with Gasteiger partial charge in [0, 0.05) is 43.3 Å². The van der Waals surface area contributed by atoms with Gasteiger partial charge in [-0.2, -0.15) is 0 Å². The van der Waals surface area contributed by atoms with Crippen molar-refractivity contribution in [2.75, 3.05) is 31.6 Å². The van der Waals surface area contributed by atoms with E-state index < -0.39 is 6.10 Å². The topological polar surface area (TPSA) is 99.7 Å². The summed E-state index contributed by atoms with van der Waals surface area (Å²) in [5, 5.41) is 14.0. The van der Waals surface area contributed by atoms with Gasteiger partial charge in [0.05, 0.1) is 17.1 Å². The Labute approximate surface area is 210 Å². The molecule has 186 valence electrons. The number of amides is 1. The summed E-state index contributed by atoms with van der Waals surface area (Å²) in [6.45, 7) is 6.05. The number of para-hydroxylation sites is 2. The van der Waals surface area contributed by atoms with Gasteiger partial charge in [-0.1, -0.05) is 23.7 Å². The van der Waals surface area contributed by atoms with Gasteiger partial charge >= 0.3 is 0 Å². The van der Waals surface area contributed by atoms with E-state index in [2.05, 4.69) is 20.2 Å². The van der Waals surface area contributed by atoms with Crippen LogP contribution >= 0.6 is 11.6 Å². The van der Waals surface area contributed by atoms with Gasteiger partial charge in [0.2, 0.25) is 11.8 Å². The Bertz CT molecular complexity index is 1130. The first-order valence-corrected chi connectivity index (χ1v) is 12.1. The number of benzene rings is 1. The molecule has 0 aliphatic carbocycles. The smallest absolute Gasteiger partial charge is 0.230 e. The molecule has 0 saturated carbocycles. The molecule has 0 bridgehead atoms. The molecule has 8 nitrogen and oxygen atoms in total. The van der Waals surface area contributed by atoms with E-state index >= 15 is 0 Å². The van der Waals surface area contributed by atoms with E-state index in [1.54, 1.807) is 30.5 Å². The third kappa shape index (κ3) is 7.21. The fourth-order valence-corrected chi connectivity index (χ4v) is 4.33. The lowest BCUT2D eigenvalue weighted by atomic mass is 10.2. The van der Waals surface area contributed by atoms with Crippen molar-refractivity contribution in [1.29, 1.82) is 0 Å². The molecular formula is C26H31ClN4O4. The SMILES string of the molecule is Cc1cc(C)c(CC(=O)Nc2ccccc2OCC(O)CN2CCC(Oc3ccc(Cl)cn3)C2)[nH]1. The largest absolute Gasteiger partial charge is 0.489 e. The number of rotatable bonds is 10. The predicted octanol–water partition coefficient (Wildman–Crippen LogP) is 3.75. The molecule has 2 atom stereocenters. The lowest BCUT2D eigenvalue weighted by Gasteiger charge is -2.21. The quantitative estimate of drug-likeness (QED) is 0.393. The summed E-state index contributed by atoms with van der Waals surface area (Å²) in [4.78, 5) is 22.1. The van der Waals surface area contributed by atoms with Gasteiger partial charge in [0.1, 0.15) is 24.6 Å². The number of aromatic amines is 1. The number of anilines is 1. The molecule has 1 saturated heterocycles. The highest BCUT2D eigenvalue weighted by molar-refractivity contribution is 6.30. The van der Waals surface area contributed by atoms with Crippen molar-refractivity contribution in [2.24, 2.45) is 0 Å². The van der Waals surface area contributed by atoms with Crippen LogP contribution in [0.2, 0.25) is 5.02 Å². The maximum absolute atomic E-state index is 12.6. The maximum atomic E-state index is 12.6. The Morgan fingerprint density at radius 2 is 2.14 bits per heavy atom. The minimum Gasteiger partial charge on any atom is -0.489 e. The summed E-state index contributed by atoms with van der Waals surface area (Å²) in [7, 11) is 0. The van der Waals surface area contributed by atoms with Gasteiger partial charge < -0.3 is 24.9 Å². The number of aliphatic hydroxyl groups is 1. The minimum atomic E-state index is -0.685. The second-order valence-corrected chi connectivity index (χ2v) is 9.34. The highest BCUT2D eigenvalue weighted by Crippen LogP contribution is 2.25. The van der Waals surface area contributed by atoms with Crippen LogP contribution in [0.4, 0.5) is 5.69 Å². The van der Waals surface area contributed by atoms with Crippen LogP contribution in [-0.4, -0.2) is 64.3 Å². The van der Waals surface area contributed by atoms with Crippen LogP contribution in [0, 0.1) is 13.8 Å². The first-order valence-electron chi connectivity index (χ1n) is 11.7. The molecule has 1 amide bonds. The number of hydrogen-bond donors (Lipinski definition) is 3. The van der Waals surface area contributed by atoms with Crippen molar-refractivity contribution in [3.05, 3.63) is 70.6 Å². The average molecular weight is 499 g/mol. The molecule has 1 aliphatic heterocycles. The number of halogens is 1. The highest BCUT2D eigenvalue weighted by atomic mass is 35.5. The molecule has 1 fully saturated rings. The Hall–Kier alpha value is -3.07. The zero-order valence-electron chi connectivity index (χ0n) is 20.0. The number of hydrogen-bond acceptors (Lipinski definition) is 6. The Morgan fingerprint density at radius 1 is 1.31 bits per heavy atom. The van der Waals surface area contributed by atoms with Crippen LogP contribution in [-0.2, 0) is 11.2 Å². The molecule has 1 aromatic carbocycles. The molecular weight excluding hydrogens is 468 g/mol. The molecule has 2 aromatic heterocycles. The van der Waals surface area contributed by atoms with Gasteiger partial charge in [-0.3, -0.25) is 9.69 Å². The molecule has 2 unspecified atom stereocenters. The normalized spacial score (nSPS) is 16.7. The van der Waals surface area contributed by atoms with Crippen molar-refractivity contribution in [1.82, 2.24) is 14.9 Å². The van der Waals surface area contributed by atoms with E-state index in [0.29, 0.717) is 35.4 Å². The Morgan fingerprint density at radius 3 is 2.89 bits per heavy atom. The molecule has 0 spiro atoms. The fraction of sp³-hybridized carbons (Fsp3) is 0.385. The monoisotopic (exact) mass is 498 g/mol. The maximum Gasteiger partial charge on any atom is 0.230 e. The summed E-state index contributed by atoms with van der Waals surface area (Å²) in [6.07, 6.45) is 2.00. The van der Waals surface area contributed by atoms with E-state index in [1.807, 2.05) is 32.0 Å². The van der Waals surface area contributed by atoms with Crippen molar-refractivity contribution >= 4 is 23.2 Å². The zero-order valence-corrected chi connectivity index (χ0v) is 20.7. The minimum absolute atomic E-state index is 0.0137. The Kier molecular flexibility index (Phi) is 8.28. The van der Waals surface area contributed by atoms with E-state index in [-0.39, 0.29) is 25.0 Å². The van der Waals surface area contributed by atoms with Gasteiger partial charge in [-0.05, 0) is 50.1 Å². The number of aliphatic hydroxyl groups excluding tert-OH is 1. The number of β-amino-alcohol motifs (C(OH)–C–C–N with tert-alkyl or cyclic N) is 1. The first kappa shape index (κ1) is 25.0. The fourth-order valence-electron chi connectivity index (χ4n) is 4.22. The third-order valence-electron chi connectivity index (χ3n) is 5.87. The molecule has 35 heavy (non-hydrogen) atoms. The number of pyridine rings is 1. The van der Waals surface area contributed by atoms with Gasteiger partial charge in [-0.15, -0.1) is 0 Å². The predicted molar refractivity (Wildman–Crippen MR) is 135 cm³/mol. The number of aromatic nitrogens is 2. The van der Waals surface area contributed by atoms with Gasteiger partial charge in [0.15, 0.2) is 0 Å². The number of nitrogens with zero attached hydrogens (tertiary/aromatic N) is 2. The first-order chi connectivity index (χ1) is 16.9. The molecule has 4 rings (SSSR count). The third-order valence-corrected chi connectivity index (χ3v) is 6.10. The highest BCUT2D eigenvalue weighted by Gasteiger charge is 2.26. The van der Waals surface area contributed by atoms with Crippen molar-refractivity contribution in [3.8, 4) is 11.6 Å². The summed E-state index contributed by atoms with van der Waals surface area (Å²) >= 11 is 5.87. The molecule has 3 N–H and O–H groups in total. The number of ether oxygens (including phenoxy) is 2. The Balaban J connectivity index is 1.24. The number of carbonyl (C=O) groups is 1.